The lowest BCUT2D eigenvalue weighted by atomic mass is 9.98. The summed E-state index contributed by atoms with van der Waals surface area (Å²) >= 11 is 0. The van der Waals surface area contributed by atoms with Crippen LogP contribution < -0.4 is 20.9 Å². The lowest BCUT2D eigenvalue weighted by Gasteiger charge is -2.34. The van der Waals surface area contributed by atoms with E-state index >= 15 is 0 Å². The molecule has 2 atom stereocenters. The van der Waals surface area contributed by atoms with Gasteiger partial charge < -0.3 is 30.9 Å². The number of carbonyl (C=O) groups is 1. The molecule has 40 heavy (non-hydrogen) atoms. The van der Waals surface area contributed by atoms with Crippen LogP contribution >= 0.6 is 0 Å². The Bertz CT molecular complexity index is 1340. The van der Waals surface area contributed by atoms with Crippen LogP contribution in [0.2, 0.25) is 0 Å². The number of carbonyl (C=O) groups excluding carboxylic acids is 1. The van der Waals surface area contributed by atoms with Crippen LogP contribution in [0.1, 0.15) is 47.3 Å². The van der Waals surface area contributed by atoms with Gasteiger partial charge in [0.05, 0.1) is 11.8 Å². The predicted octanol–water partition coefficient (Wildman–Crippen LogP) is 3.83. The van der Waals surface area contributed by atoms with Gasteiger partial charge in [0.15, 0.2) is 0 Å². The number of fused-ring (bicyclic) bond motifs is 1. The number of anilines is 5. The Balaban J connectivity index is 1.37. The van der Waals surface area contributed by atoms with Crippen LogP contribution in [0.25, 0.3) is 0 Å². The van der Waals surface area contributed by atoms with Crippen LogP contribution in [0.15, 0.2) is 55.3 Å². The summed E-state index contributed by atoms with van der Waals surface area (Å²) < 4.78 is 0. The maximum Gasteiger partial charge on any atom is 0.256 e. The Kier molecular flexibility index (Phi) is 8.57. The van der Waals surface area contributed by atoms with Crippen molar-refractivity contribution in [2.75, 3.05) is 55.3 Å². The first-order valence-electron chi connectivity index (χ1n) is 14.0. The average Bonchev–Trinajstić information content (AvgIpc) is 3.40. The first kappa shape index (κ1) is 27.5. The molecule has 0 radical (unpaired) electrons. The van der Waals surface area contributed by atoms with Gasteiger partial charge in [-0.15, -0.1) is 6.58 Å². The normalized spacial score (nSPS) is 17.7. The second kappa shape index (κ2) is 12.4. The maximum atomic E-state index is 12.9. The van der Waals surface area contributed by atoms with Gasteiger partial charge in [0.1, 0.15) is 17.2 Å². The van der Waals surface area contributed by atoms with E-state index in [2.05, 4.69) is 61.5 Å². The number of hydrogen-bond acceptors (Lipinski definition) is 9. The third-order valence-corrected chi connectivity index (χ3v) is 7.65. The topological polar surface area (TPSA) is 119 Å². The minimum absolute atomic E-state index is 0.00792. The molecule has 3 heterocycles. The summed E-state index contributed by atoms with van der Waals surface area (Å²) in [6.45, 7) is 10.1. The zero-order chi connectivity index (χ0) is 28.1. The van der Waals surface area contributed by atoms with Gasteiger partial charge in [0, 0.05) is 56.2 Å². The van der Waals surface area contributed by atoms with E-state index in [0.717, 1.165) is 56.0 Å². The third kappa shape index (κ3) is 6.24. The third-order valence-electron chi connectivity index (χ3n) is 7.65. The van der Waals surface area contributed by atoms with Crippen molar-refractivity contribution in [1.29, 1.82) is 0 Å². The first-order chi connectivity index (χ1) is 19.4. The van der Waals surface area contributed by atoms with E-state index in [9.17, 15) is 9.90 Å². The Morgan fingerprint density at radius 2 is 1.90 bits per heavy atom. The standard InChI is InChI=1S/C30H38N8O2/c1-4-14-31-29(40)24-19-32-30(33-21-8-10-22(11-9-21)38-17-15-37(3)16-18-38)36-28(24)35-26-13-7-20-6-12-23(25(39)5-2)27(20)34-26/h4,7-11,13,19,23,25,39H,1,5-6,12,14-18H2,2-3H3,(H,31,40)(H2,32,33,34,35,36). The Labute approximate surface area is 235 Å². The number of aliphatic hydroxyl groups excluding tert-OH is 1. The van der Waals surface area contributed by atoms with Crippen molar-refractivity contribution in [3.63, 3.8) is 0 Å². The van der Waals surface area contributed by atoms with Crippen molar-refractivity contribution >= 4 is 34.9 Å². The molecule has 1 aromatic carbocycles. The second-order valence-corrected chi connectivity index (χ2v) is 10.4. The van der Waals surface area contributed by atoms with Crippen LogP contribution in [0.4, 0.5) is 29.0 Å². The minimum Gasteiger partial charge on any atom is -0.392 e. The van der Waals surface area contributed by atoms with Crippen LogP contribution in [0.3, 0.4) is 0 Å². The van der Waals surface area contributed by atoms with Crippen molar-refractivity contribution in [3.05, 3.63) is 72.1 Å². The monoisotopic (exact) mass is 542 g/mol. The lowest BCUT2D eigenvalue weighted by molar-refractivity contribution is 0.0958. The van der Waals surface area contributed by atoms with Crippen molar-refractivity contribution in [1.82, 2.24) is 25.2 Å². The van der Waals surface area contributed by atoms with Gasteiger partial charge in [0.2, 0.25) is 5.95 Å². The SMILES string of the molecule is C=CCNC(=O)c1cnc(Nc2ccc(N3CCN(C)CC3)cc2)nc1Nc1ccc2c(n1)C(C(O)CC)CC2. The summed E-state index contributed by atoms with van der Waals surface area (Å²) in [6.07, 6.45) is 5.15. The Morgan fingerprint density at radius 1 is 1.12 bits per heavy atom. The van der Waals surface area contributed by atoms with Crippen LogP contribution in [0.5, 0.6) is 0 Å². The number of aryl methyl sites for hydroxylation is 1. The molecule has 210 valence electrons. The smallest absolute Gasteiger partial charge is 0.256 e. The molecule has 1 saturated heterocycles. The minimum atomic E-state index is -0.429. The highest BCUT2D eigenvalue weighted by atomic mass is 16.3. The molecule has 2 aromatic heterocycles. The maximum absolute atomic E-state index is 12.9. The zero-order valence-corrected chi connectivity index (χ0v) is 23.2. The molecule has 1 aliphatic heterocycles. The summed E-state index contributed by atoms with van der Waals surface area (Å²) in [7, 11) is 2.15. The molecule has 1 fully saturated rings. The number of nitrogens with one attached hydrogen (secondary N) is 3. The second-order valence-electron chi connectivity index (χ2n) is 10.4. The molecule has 2 aliphatic rings. The molecule has 10 heteroatoms. The highest BCUT2D eigenvalue weighted by Gasteiger charge is 2.29. The molecule has 2 unspecified atom stereocenters. The average molecular weight is 543 g/mol. The highest BCUT2D eigenvalue weighted by Crippen LogP contribution is 2.36. The number of nitrogens with zero attached hydrogens (tertiary/aromatic N) is 5. The molecule has 5 rings (SSSR count). The molecule has 1 aliphatic carbocycles. The fourth-order valence-electron chi connectivity index (χ4n) is 5.25. The van der Waals surface area contributed by atoms with E-state index in [1.165, 1.54) is 11.9 Å². The van der Waals surface area contributed by atoms with Crippen LogP contribution in [0, 0.1) is 0 Å². The number of rotatable bonds is 10. The number of aliphatic hydroxyl groups is 1. The molecule has 0 saturated carbocycles. The van der Waals surface area contributed by atoms with E-state index < -0.39 is 6.10 Å². The van der Waals surface area contributed by atoms with Gasteiger partial charge in [-0.25, -0.2) is 9.97 Å². The molecule has 10 nitrogen and oxygen atoms in total. The van der Waals surface area contributed by atoms with E-state index in [-0.39, 0.29) is 11.8 Å². The molecule has 4 N–H and O–H groups in total. The summed E-state index contributed by atoms with van der Waals surface area (Å²) in [5.41, 5.74) is 4.39. The number of likely N-dealkylation sites (N-methyl/N-ethyl adjacent to an activating group) is 1. The summed E-state index contributed by atoms with van der Waals surface area (Å²) in [4.78, 5) is 31.5. The first-order valence-corrected chi connectivity index (χ1v) is 14.0. The van der Waals surface area contributed by atoms with E-state index in [4.69, 9.17) is 4.98 Å². The summed E-state index contributed by atoms with van der Waals surface area (Å²) in [5, 5.41) is 19.8. The highest BCUT2D eigenvalue weighted by molar-refractivity contribution is 5.99. The number of piperazine rings is 1. The van der Waals surface area contributed by atoms with Crippen LogP contribution in [-0.2, 0) is 6.42 Å². The number of pyridine rings is 1. The van der Waals surface area contributed by atoms with Gasteiger partial charge in [-0.3, -0.25) is 4.79 Å². The fourth-order valence-corrected chi connectivity index (χ4v) is 5.25. The Morgan fingerprint density at radius 3 is 2.62 bits per heavy atom. The van der Waals surface area contributed by atoms with Gasteiger partial charge in [-0.2, -0.15) is 4.98 Å². The van der Waals surface area contributed by atoms with E-state index in [0.29, 0.717) is 36.1 Å². The lowest BCUT2D eigenvalue weighted by Crippen LogP contribution is -2.44. The molecule has 0 spiro atoms. The molecule has 1 amide bonds. The molecular formula is C30H38N8O2. The number of benzene rings is 1. The number of amides is 1. The van der Waals surface area contributed by atoms with Gasteiger partial charge in [-0.1, -0.05) is 19.1 Å². The van der Waals surface area contributed by atoms with Crippen LogP contribution in [-0.4, -0.2) is 76.7 Å². The summed E-state index contributed by atoms with van der Waals surface area (Å²) in [6, 6.07) is 12.1. The van der Waals surface area contributed by atoms with Crippen molar-refractivity contribution in [2.45, 2.75) is 38.2 Å². The van der Waals surface area contributed by atoms with Crippen molar-refractivity contribution < 1.29 is 9.90 Å². The largest absolute Gasteiger partial charge is 0.392 e. The Hall–Kier alpha value is -4.02. The predicted molar refractivity (Wildman–Crippen MR) is 159 cm³/mol. The van der Waals surface area contributed by atoms with Crippen molar-refractivity contribution in [2.24, 2.45) is 0 Å². The molecule has 0 bridgehead atoms. The quantitative estimate of drug-likeness (QED) is 0.284. The number of aromatic nitrogens is 3. The molecule has 3 aromatic rings. The fraction of sp³-hybridized carbons (Fsp3) is 0.400. The summed E-state index contributed by atoms with van der Waals surface area (Å²) in [5.74, 6) is 0.953. The van der Waals surface area contributed by atoms with Gasteiger partial charge in [0.25, 0.3) is 5.91 Å². The molecular weight excluding hydrogens is 504 g/mol. The zero-order valence-electron chi connectivity index (χ0n) is 23.2. The van der Waals surface area contributed by atoms with Crippen molar-refractivity contribution in [3.8, 4) is 0 Å². The van der Waals surface area contributed by atoms with E-state index in [1.54, 1.807) is 6.08 Å². The van der Waals surface area contributed by atoms with Gasteiger partial charge >= 0.3 is 0 Å². The number of hydrogen-bond donors (Lipinski definition) is 4. The van der Waals surface area contributed by atoms with E-state index in [1.807, 2.05) is 31.2 Å². The van der Waals surface area contributed by atoms with Gasteiger partial charge in [-0.05, 0) is 62.2 Å².